The van der Waals surface area contributed by atoms with Gasteiger partial charge in [-0.3, -0.25) is 14.7 Å². The van der Waals surface area contributed by atoms with E-state index in [4.69, 9.17) is 30.5 Å². The third-order valence-corrected chi connectivity index (χ3v) is 11.7. The molecule has 8 nitrogen and oxygen atoms in total. The number of aromatic nitrogens is 1. The zero-order valence-corrected chi connectivity index (χ0v) is 30.8. The molecule has 0 bridgehead atoms. The van der Waals surface area contributed by atoms with E-state index in [0.29, 0.717) is 36.0 Å². The van der Waals surface area contributed by atoms with Gasteiger partial charge in [-0.15, -0.1) is 0 Å². The number of nitrogens with zero attached hydrogens (tertiary/aromatic N) is 2. The van der Waals surface area contributed by atoms with Crippen LogP contribution in [0.25, 0.3) is 0 Å². The fourth-order valence-electron chi connectivity index (χ4n) is 9.06. The van der Waals surface area contributed by atoms with Gasteiger partial charge >= 0.3 is 18.1 Å². The topological polar surface area (TPSA) is 87.2 Å². The first-order chi connectivity index (χ1) is 24.8. The molecule has 1 heterocycles. The standard InChI is InChI=1S/C40H46ClF3N2O6/c1-25(23-51-34-13-18-45-33-10-5-7-26(2)35(33)34)19-28-20-27-11-12-31(52-24-49-3)22-32(27)38(28)14-16-39(17-15-38,37(48)50-4)46(36(47)40(42,43)44)30-9-6-8-29(41)21-30/h6,8-9,11-13,18,21-22,25-26,28H,5,7,10,14-17,19-20,23-24H2,1-4H3/t25-,26-,28+,38?,39?/m1/s1. The van der Waals surface area contributed by atoms with Crippen molar-refractivity contribution >= 4 is 29.2 Å². The lowest BCUT2D eigenvalue weighted by atomic mass is 9.59. The number of carbonyl (C=O) groups excluding carboxylic acids is 2. The Morgan fingerprint density at radius 1 is 1.06 bits per heavy atom. The predicted octanol–water partition coefficient (Wildman–Crippen LogP) is 8.75. The average molecular weight is 743 g/mol. The highest BCUT2D eigenvalue weighted by Crippen LogP contribution is 2.58. The lowest BCUT2D eigenvalue weighted by molar-refractivity contribution is -0.174. The summed E-state index contributed by atoms with van der Waals surface area (Å²) in [5.74, 6) is -0.965. The van der Waals surface area contributed by atoms with Gasteiger partial charge in [0.1, 0.15) is 17.0 Å². The molecule has 3 aliphatic carbocycles. The number of fused-ring (bicyclic) bond motifs is 3. The van der Waals surface area contributed by atoms with Gasteiger partial charge in [-0.1, -0.05) is 37.6 Å². The average Bonchev–Trinajstić information content (AvgIpc) is 3.41. The van der Waals surface area contributed by atoms with Gasteiger partial charge < -0.3 is 18.9 Å². The second-order valence-electron chi connectivity index (χ2n) is 14.7. The Labute approximate surface area is 307 Å². The Kier molecular flexibility index (Phi) is 11.1. The fraction of sp³-hybridized carbons (Fsp3) is 0.525. The summed E-state index contributed by atoms with van der Waals surface area (Å²) in [6.07, 6.45) is 1.79. The number of rotatable bonds is 11. The Morgan fingerprint density at radius 2 is 1.83 bits per heavy atom. The number of alkyl halides is 3. The Balaban J connectivity index is 1.33. The largest absolute Gasteiger partial charge is 0.493 e. The summed E-state index contributed by atoms with van der Waals surface area (Å²) >= 11 is 6.22. The first-order valence-electron chi connectivity index (χ1n) is 17.9. The highest BCUT2D eigenvalue weighted by molar-refractivity contribution is 6.31. The minimum atomic E-state index is -5.25. The maximum Gasteiger partial charge on any atom is 0.471 e. The van der Waals surface area contributed by atoms with Gasteiger partial charge in [-0.25, -0.2) is 4.79 Å². The van der Waals surface area contributed by atoms with E-state index in [1.54, 1.807) is 0 Å². The molecule has 52 heavy (non-hydrogen) atoms. The molecule has 1 spiro atoms. The number of amides is 1. The number of carbonyl (C=O) groups is 2. The molecule has 0 aliphatic heterocycles. The molecule has 0 radical (unpaired) electrons. The summed E-state index contributed by atoms with van der Waals surface area (Å²) in [5.41, 5.74) is 1.92. The second kappa shape index (κ2) is 15.3. The molecule has 2 aromatic carbocycles. The molecule has 280 valence electrons. The van der Waals surface area contributed by atoms with Crippen LogP contribution >= 0.6 is 11.6 Å². The summed E-state index contributed by atoms with van der Waals surface area (Å²) in [6.45, 7) is 4.92. The van der Waals surface area contributed by atoms with Crippen molar-refractivity contribution in [3.63, 3.8) is 0 Å². The van der Waals surface area contributed by atoms with Crippen LogP contribution in [-0.4, -0.2) is 56.2 Å². The monoisotopic (exact) mass is 742 g/mol. The van der Waals surface area contributed by atoms with E-state index in [2.05, 4.69) is 18.8 Å². The molecule has 0 unspecified atom stereocenters. The van der Waals surface area contributed by atoms with Crippen LogP contribution in [-0.2, 0) is 37.3 Å². The molecule has 6 rings (SSSR count). The number of hydrogen-bond donors (Lipinski definition) is 0. The van der Waals surface area contributed by atoms with Crippen LogP contribution in [0.5, 0.6) is 11.5 Å². The molecular weight excluding hydrogens is 697 g/mol. The fourth-order valence-corrected chi connectivity index (χ4v) is 9.24. The van der Waals surface area contributed by atoms with E-state index in [-0.39, 0.29) is 42.2 Å². The SMILES string of the molecule is COCOc1ccc2c(c1)C1(CCC(C(=O)OC)(N(C(=O)C(F)(F)F)c3cccc(Cl)c3)CC1)[C@@H](C[C@@H](C)COc1ccnc3c1[C@H](C)CCC3)C2. The van der Waals surface area contributed by atoms with Crippen molar-refractivity contribution in [1.29, 1.82) is 0 Å². The number of benzene rings is 2. The molecule has 1 saturated carbocycles. The van der Waals surface area contributed by atoms with E-state index >= 15 is 0 Å². The summed E-state index contributed by atoms with van der Waals surface area (Å²) in [5, 5.41) is 0.135. The zero-order chi connectivity index (χ0) is 37.3. The van der Waals surface area contributed by atoms with Crippen LogP contribution in [0.15, 0.2) is 54.7 Å². The summed E-state index contributed by atoms with van der Waals surface area (Å²) in [7, 11) is 2.68. The van der Waals surface area contributed by atoms with E-state index in [1.165, 1.54) is 36.9 Å². The number of ether oxygens (including phenoxy) is 4. The van der Waals surface area contributed by atoms with Crippen LogP contribution < -0.4 is 14.4 Å². The van der Waals surface area contributed by atoms with Gasteiger partial charge in [0, 0.05) is 35.3 Å². The Hall–Kier alpha value is -3.83. The van der Waals surface area contributed by atoms with E-state index < -0.39 is 29.0 Å². The highest BCUT2D eigenvalue weighted by atomic mass is 35.5. The molecule has 3 aromatic rings. The molecular formula is C40H46ClF3N2O6. The van der Waals surface area contributed by atoms with Crippen molar-refractivity contribution in [2.75, 3.05) is 32.5 Å². The van der Waals surface area contributed by atoms with Crippen molar-refractivity contribution in [2.45, 2.75) is 94.7 Å². The van der Waals surface area contributed by atoms with Gasteiger partial charge in [0.05, 0.1) is 13.7 Å². The number of halogens is 4. The number of anilines is 1. The van der Waals surface area contributed by atoms with Gasteiger partial charge in [-0.2, -0.15) is 13.2 Å². The predicted molar refractivity (Wildman–Crippen MR) is 191 cm³/mol. The molecule has 3 aliphatic rings. The molecule has 0 saturated heterocycles. The van der Waals surface area contributed by atoms with Crippen LogP contribution in [0.3, 0.4) is 0 Å². The van der Waals surface area contributed by atoms with Crippen LogP contribution in [0.1, 0.15) is 87.1 Å². The van der Waals surface area contributed by atoms with Crippen LogP contribution in [0, 0.1) is 11.8 Å². The third kappa shape index (κ3) is 7.23. The lowest BCUT2D eigenvalue weighted by Gasteiger charge is -2.51. The summed E-state index contributed by atoms with van der Waals surface area (Å²) in [6, 6.07) is 13.5. The number of methoxy groups -OCH3 is 2. The molecule has 0 N–H and O–H groups in total. The number of pyridine rings is 1. The van der Waals surface area contributed by atoms with Gasteiger partial charge in [0.2, 0.25) is 0 Å². The Morgan fingerprint density at radius 3 is 2.52 bits per heavy atom. The maximum absolute atomic E-state index is 14.3. The lowest BCUT2D eigenvalue weighted by Crippen LogP contribution is -2.63. The zero-order valence-electron chi connectivity index (χ0n) is 30.1. The van der Waals surface area contributed by atoms with Gasteiger partial charge in [-0.05, 0) is 128 Å². The summed E-state index contributed by atoms with van der Waals surface area (Å²) < 4.78 is 65.6. The number of esters is 1. The smallest absolute Gasteiger partial charge is 0.471 e. The first kappa shape index (κ1) is 37.9. The molecule has 1 fully saturated rings. The van der Waals surface area contributed by atoms with E-state index in [9.17, 15) is 22.8 Å². The number of aryl methyl sites for hydroxylation is 1. The normalized spacial score (nSPS) is 24.5. The van der Waals surface area contributed by atoms with Crippen molar-refractivity contribution in [2.24, 2.45) is 11.8 Å². The minimum absolute atomic E-state index is 0.0561. The number of hydrogen-bond acceptors (Lipinski definition) is 7. The quantitative estimate of drug-likeness (QED) is 0.143. The highest BCUT2D eigenvalue weighted by Gasteiger charge is 2.60. The second-order valence-corrected chi connectivity index (χ2v) is 15.1. The first-order valence-corrected chi connectivity index (χ1v) is 18.3. The van der Waals surface area contributed by atoms with E-state index in [1.807, 2.05) is 30.5 Å². The molecule has 12 heteroatoms. The van der Waals surface area contributed by atoms with Crippen LogP contribution in [0.4, 0.5) is 18.9 Å². The molecule has 3 atom stereocenters. The van der Waals surface area contributed by atoms with Crippen molar-refractivity contribution in [3.8, 4) is 11.5 Å². The minimum Gasteiger partial charge on any atom is -0.493 e. The summed E-state index contributed by atoms with van der Waals surface area (Å²) in [4.78, 5) is 32.2. The maximum atomic E-state index is 14.3. The van der Waals surface area contributed by atoms with Gasteiger partial charge in [0.15, 0.2) is 6.79 Å². The van der Waals surface area contributed by atoms with Gasteiger partial charge in [0.25, 0.3) is 0 Å². The van der Waals surface area contributed by atoms with Crippen molar-refractivity contribution < 1.29 is 41.7 Å². The molecule has 1 amide bonds. The van der Waals surface area contributed by atoms with E-state index in [0.717, 1.165) is 61.8 Å². The van der Waals surface area contributed by atoms with Crippen LogP contribution in [0.2, 0.25) is 5.02 Å². The Bertz CT molecular complexity index is 1780. The third-order valence-electron chi connectivity index (χ3n) is 11.5. The van der Waals surface area contributed by atoms with Crippen molar-refractivity contribution in [1.82, 2.24) is 4.98 Å². The molecule has 1 aromatic heterocycles. The van der Waals surface area contributed by atoms with Crippen molar-refractivity contribution in [3.05, 3.63) is 82.1 Å².